The highest BCUT2D eigenvalue weighted by atomic mass is 16.7. The van der Waals surface area contributed by atoms with E-state index >= 15 is 0 Å². The van der Waals surface area contributed by atoms with Crippen LogP contribution in [0.5, 0.6) is 0 Å². The van der Waals surface area contributed by atoms with E-state index in [-0.39, 0.29) is 12.5 Å². The number of hydrogen-bond donors (Lipinski definition) is 6. The molecule has 73 heavy (non-hydrogen) atoms. The van der Waals surface area contributed by atoms with E-state index in [9.17, 15) is 30.3 Å². The second-order valence-electron chi connectivity index (χ2n) is 20.4. The summed E-state index contributed by atoms with van der Waals surface area (Å²) in [6, 6.07) is -0.720. The van der Waals surface area contributed by atoms with Gasteiger partial charge in [0.1, 0.15) is 24.4 Å². The normalized spacial score (nSPS) is 19.8. The molecule has 1 rings (SSSR count). The van der Waals surface area contributed by atoms with E-state index in [0.29, 0.717) is 12.8 Å². The minimum atomic E-state index is -1.55. The molecule has 0 saturated carbocycles. The Morgan fingerprint density at radius 1 is 0.479 bits per heavy atom. The van der Waals surface area contributed by atoms with Gasteiger partial charge in [0.2, 0.25) is 5.91 Å². The molecule has 7 atom stereocenters. The second-order valence-corrected chi connectivity index (χ2v) is 20.4. The molecule has 9 nitrogen and oxygen atoms in total. The largest absolute Gasteiger partial charge is 0.394 e. The molecule has 7 unspecified atom stereocenters. The number of nitrogens with one attached hydrogen (secondary N) is 1. The van der Waals surface area contributed by atoms with E-state index in [1.165, 1.54) is 128 Å². The molecular formula is C64H111NO8. The predicted molar refractivity (Wildman–Crippen MR) is 308 cm³/mol. The fourth-order valence-corrected chi connectivity index (χ4v) is 9.00. The maximum absolute atomic E-state index is 13.0. The predicted octanol–water partition coefficient (Wildman–Crippen LogP) is 15.2. The maximum Gasteiger partial charge on any atom is 0.220 e. The molecular weight excluding hydrogens is 911 g/mol. The van der Waals surface area contributed by atoms with E-state index in [0.717, 1.165) is 89.9 Å². The van der Waals surface area contributed by atoms with Gasteiger partial charge in [0, 0.05) is 6.42 Å². The van der Waals surface area contributed by atoms with Gasteiger partial charge in [-0.05, 0) is 77.0 Å². The van der Waals surface area contributed by atoms with Gasteiger partial charge in [-0.3, -0.25) is 4.79 Å². The fraction of sp³-hybridized carbons (Fsp3) is 0.734. The number of hydrogen-bond acceptors (Lipinski definition) is 8. The van der Waals surface area contributed by atoms with Crippen LogP contribution in [-0.2, 0) is 14.3 Å². The van der Waals surface area contributed by atoms with Crippen LogP contribution in [0.2, 0.25) is 0 Å². The van der Waals surface area contributed by atoms with Crippen LogP contribution in [0, 0.1) is 0 Å². The van der Waals surface area contributed by atoms with Crippen LogP contribution in [0.4, 0.5) is 0 Å². The third-order valence-corrected chi connectivity index (χ3v) is 13.7. The molecule has 9 heteroatoms. The van der Waals surface area contributed by atoms with Gasteiger partial charge in [-0.2, -0.15) is 0 Å². The summed E-state index contributed by atoms with van der Waals surface area (Å²) in [5.41, 5.74) is 0. The molecule has 0 radical (unpaired) electrons. The topological polar surface area (TPSA) is 149 Å². The first-order valence-corrected chi connectivity index (χ1v) is 29.9. The molecule has 0 aromatic rings. The first-order chi connectivity index (χ1) is 35.8. The lowest BCUT2D eigenvalue weighted by Gasteiger charge is -2.40. The molecule has 0 aromatic heterocycles. The fourth-order valence-electron chi connectivity index (χ4n) is 9.00. The minimum absolute atomic E-state index is 0.140. The zero-order valence-electron chi connectivity index (χ0n) is 46.6. The lowest BCUT2D eigenvalue weighted by atomic mass is 9.99. The SMILES string of the molecule is CC/C=C\C/C=C\C/C=C\C/C=C\C/C=C\C/C=C\C/C=C\C/C=C\CCCCCCCCCCCCCCCCCCC(=O)NC(COC1OC(CO)C(O)C(O)C1O)C(O)CCCCCCCCCCC. The number of carbonyl (C=O) groups excluding carboxylic acids is 1. The van der Waals surface area contributed by atoms with Gasteiger partial charge in [-0.25, -0.2) is 0 Å². The van der Waals surface area contributed by atoms with Gasteiger partial charge in [-0.1, -0.05) is 259 Å². The number of unbranched alkanes of at least 4 members (excludes halogenated alkanes) is 24. The third kappa shape index (κ3) is 42.0. The van der Waals surface area contributed by atoms with Crippen LogP contribution in [0.1, 0.15) is 245 Å². The lowest BCUT2D eigenvalue weighted by Crippen LogP contribution is -2.60. The summed E-state index contributed by atoms with van der Waals surface area (Å²) in [6.45, 7) is 3.69. The van der Waals surface area contributed by atoms with Crippen molar-refractivity contribution >= 4 is 5.91 Å². The van der Waals surface area contributed by atoms with E-state index in [1.54, 1.807) is 0 Å². The maximum atomic E-state index is 13.0. The Morgan fingerprint density at radius 2 is 0.849 bits per heavy atom. The van der Waals surface area contributed by atoms with E-state index < -0.39 is 49.5 Å². The zero-order chi connectivity index (χ0) is 52.9. The summed E-state index contributed by atoms with van der Waals surface area (Å²) in [6.07, 6.45) is 69.0. The number of allylic oxidation sites excluding steroid dienone is 16. The molecule has 1 fully saturated rings. The number of amides is 1. The van der Waals surface area contributed by atoms with Gasteiger partial charge >= 0.3 is 0 Å². The quantitative estimate of drug-likeness (QED) is 0.0261. The van der Waals surface area contributed by atoms with E-state index in [4.69, 9.17) is 9.47 Å². The summed E-state index contributed by atoms with van der Waals surface area (Å²) in [4.78, 5) is 13.0. The van der Waals surface area contributed by atoms with Gasteiger partial charge in [0.05, 0.1) is 25.4 Å². The molecule has 0 spiro atoms. The highest BCUT2D eigenvalue weighted by Gasteiger charge is 2.44. The number of aliphatic hydroxyl groups is 5. The summed E-state index contributed by atoms with van der Waals surface area (Å²) >= 11 is 0. The average molecular weight is 1020 g/mol. The van der Waals surface area contributed by atoms with Crippen molar-refractivity contribution in [2.75, 3.05) is 13.2 Å². The lowest BCUT2D eigenvalue weighted by molar-refractivity contribution is -0.302. The van der Waals surface area contributed by atoms with E-state index in [2.05, 4.69) is 116 Å². The van der Waals surface area contributed by atoms with Crippen molar-refractivity contribution in [3.8, 4) is 0 Å². The van der Waals surface area contributed by atoms with Crippen molar-refractivity contribution < 1.29 is 39.8 Å². The number of carbonyl (C=O) groups is 1. The number of rotatable bonds is 50. The Balaban J connectivity index is 2.03. The standard InChI is InChI=1S/C64H111NO8/c1-3-5-7-9-11-13-14-15-16-17-18-19-20-21-22-23-24-25-26-27-28-29-30-31-32-33-34-35-36-37-38-39-40-41-42-43-44-46-48-50-52-54-60(68)65-57(58(67)53-51-49-47-45-12-10-8-6-4-2)56-72-64-63(71)62(70)61(69)59(55-66)73-64/h5,7,11,13,15-16,18-19,21-22,24-25,27-28,30-31,57-59,61-64,66-67,69-71H,3-4,6,8-10,12,14,17,20,23,26,29,32-56H2,1-2H3,(H,65,68)/b7-5-,13-11-,16-15-,19-18-,22-21-,25-24-,28-27-,31-30-. The Bertz CT molecular complexity index is 1460. The molecule has 1 aliphatic rings. The number of ether oxygens (including phenoxy) is 2. The number of aliphatic hydroxyl groups excluding tert-OH is 5. The molecule has 1 saturated heterocycles. The summed E-state index contributed by atoms with van der Waals surface area (Å²) in [5, 5.41) is 54.4. The molecule has 1 heterocycles. The monoisotopic (exact) mass is 1020 g/mol. The third-order valence-electron chi connectivity index (χ3n) is 13.7. The van der Waals surface area contributed by atoms with Gasteiger partial charge in [0.25, 0.3) is 0 Å². The Kier molecular flexibility index (Phi) is 49.0. The highest BCUT2D eigenvalue weighted by molar-refractivity contribution is 5.76. The van der Waals surface area contributed by atoms with Gasteiger partial charge in [0.15, 0.2) is 6.29 Å². The van der Waals surface area contributed by atoms with Crippen LogP contribution in [0.15, 0.2) is 97.2 Å². The second kappa shape index (κ2) is 52.5. The molecule has 1 aliphatic heterocycles. The zero-order valence-corrected chi connectivity index (χ0v) is 46.6. The molecule has 1 amide bonds. The van der Waals surface area contributed by atoms with Gasteiger partial charge < -0.3 is 40.3 Å². The van der Waals surface area contributed by atoms with Crippen molar-refractivity contribution in [1.82, 2.24) is 5.32 Å². The van der Waals surface area contributed by atoms with Crippen LogP contribution in [0.25, 0.3) is 0 Å². The molecule has 0 aliphatic carbocycles. The molecule has 6 N–H and O–H groups in total. The first-order valence-electron chi connectivity index (χ1n) is 29.9. The minimum Gasteiger partial charge on any atom is -0.394 e. The molecule has 0 bridgehead atoms. The van der Waals surface area contributed by atoms with Gasteiger partial charge in [-0.15, -0.1) is 0 Å². The van der Waals surface area contributed by atoms with Crippen molar-refractivity contribution in [1.29, 1.82) is 0 Å². The highest BCUT2D eigenvalue weighted by Crippen LogP contribution is 2.23. The molecule has 0 aromatic carbocycles. The van der Waals surface area contributed by atoms with Crippen LogP contribution in [0.3, 0.4) is 0 Å². The first kappa shape index (κ1) is 68.1. The van der Waals surface area contributed by atoms with Crippen molar-refractivity contribution in [2.24, 2.45) is 0 Å². The average Bonchev–Trinajstić information content (AvgIpc) is 3.39. The van der Waals surface area contributed by atoms with Crippen molar-refractivity contribution in [3.05, 3.63) is 97.2 Å². The Hall–Kier alpha value is -2.89. The van der Waals surface area contributed by atoms with Crippen LogP contribution in [-0.4, -0.2) is 87.5 Å². The molecule has 420 valence electrons. The van der Waals surface area contributed by atoms with E-state index in [1.807, 2.05) is 0 Å². The van der Waals surface area contributed by atoms with Crippen molar-refractivity contribution in [2.45, 2.75) is 288 Å². The van der Waals surface area contributed by atoms with Crippen LogP contribution >= 0.6 is 0 Å². The summed E-state index contributed by atoms with van der Waals surface area (Å²) < 4.78 is 11.3. The Morgan fingerprint density at radius 3 is 1.26 bits per heavy atom. The summed E-state index contributed by atoms with van der Waals surface area (Å²) in [7, 11) is 0. The summed E-state index contributed by atoms with van der Waals surface area (Å²) in [5.74, 6) is -0.148. The van der Waals surface area contributed by atoms with Crippen molar-refractivity contribution in [3.63, 3.8) is 0 Å². The smallest absolute Gasteiger partial charge is 0.220 e. The Labute approximate surface area is 447 Å². The van der Waals surface area contributed by atoms with Crippen LogP contribution < -0.4 is 5.32 Å².